The molecule has 4 rings (SSSR count). The molecule has 2 aromatic carbocycles. The molecule has 10 heteroatoms. The van der Waals surface area contributed by atoms with Crippen molar-refractivity contribution in [3.8, 4) is 17.1 Å². The number of hydrogen-bond acceptors (Lipinski definition) is 6. The lowest BCUT2D eigenvalue weighted by Crippen LogP contribution is -2.39. The summed E-state index contributed by atoms with van der Waals surface area (Å²) in [5, 5.41) is 0. The van der Waals surface area contributed by atoms with Crippen LogP contribution in [0.4, 0.5) is 0 Å². The van der Waals surface area contributed by atoms with Gasteiger partial charge in [0.1, 0.15) is 11.6 Å². The normalized spacial score (nSPS) is 13.4. The first-order valence-corrected chi connectivity index (χ1v) is 15.1. The summed E-state index contributed by atoms with van der Waals surface area (Å²) < 4.78 is 36.9. The second kappa shape index (κ2) is 13.0. The second-order valence-corrected chi connectivity index (χ2v) is 11.4. The smallest absolute Gasteiger partial charge is 0.279 e. The number of sulfonamides is 1. The molecule has 0 saturated carbocycles. The van der Waals surface area contributed by atoms with Crippen molar-refractivity contribution in [3.05, 3.63) is 71.3 Å². The van der Waals surface area contributed by atoms with Gasteiger partial charge in [0.2, 0.25) is 10.0 Å². The van der Waals surface area contributed by atoms with Crippen molar-refractivity contribution in [1.82, 2.24) is 24.2 Å². The first-order valence-electron chi connectivity index (χ1n) is 13.6. The van der Waals surface area contributed by atoms with E-state index in [-0.39, 0.29) is 22.0 Å². The zero-order valence-corrected chi connectivity index (χ0v) is 23.6. The van der Waals surface area contributed by atoms with Gasteiger partial charge in [-0.05, 0) is 44.0 Å². The third-order valence-electron chi connectivity index (χ3n) is 6.72. The Hall–Kier alpha value is -3.50. The van der Waals surface area contributed by atoms with Crippen molar-refractivity contribution < 1.29 is 13.2 Å². The molecule has 0 spiro atoms. The zero-order valence-electron chi connectivity index (χ0n) is 22.8. The molecule has 2 aromatic heterocycles. The lowest BCUT2D eigenvalue weighted by Gasteiger charge is -2.26. The van der Waals surface area contributed by atoms with Gasteiger partial charge in [-0.25, -0.2) is 23.1 Å². The Labute approximate surface area is 229 Å². The van der Waals surface area contributed by atoms with Gasteiger partial charge < -0.3 is 14.3 Å². The lowest BCUT2D eigenvalue weighted by atomic mass is 10.0. The van der Waals surface area contributed by atoms with Crippen LogP contribution in [0.5, 0.6) is 5.75 Å². The molecule has 0 aliphatic rings. The molecule has 0 amide bonds. The first-order chi connectivity index (χ1) is 18.9. The third kappa shape index (κ3) is 6.75. The minimum atomic E-state index is -3.75. The van der Waals surface area contributed by atoms with Crippen LogP contribution in [0.25, 0.3) is 22.6 Å². The summed E-state index contributed by atoms with van der Waals surface area (Å²) in [5.41, 5.74) is 0.934. The Kier molecular flexibility index (Phi) is 9.53. The number of ether oxygens (including phenoxy) is 1. The molecule has 4 aromatic rings. The van der Waals surface area contributed by atoms with Gasteiger partial charge in [-0.2, -0.15) is 0 Å². The lowest BCUT2D eigenvalue weighted by molar-refractivity contribution is 0.318. The van der Waals surface area contributed by atoms with Crippen LogP contribution < -0.4 is 15.0 Å². The number of benzene rings is 2. The van der Waals surface area contributed by atoms with Crippen molar-refractivity contribution in [3.63, 3.8) is 0 Å². The highest BCUT2D eigenvalue weighted by Crippen LogP contribution is 2.29. The van der Waals surface area contributed by atoms with Crippen molar-refractivity contribution in [2.45, 2.75) is 76.3 Å². The van der Waals surface area contributed by atoms with Gasteiger partial charge in [0.15, 0.2) is 11.2 Å². The SMILES string of the molecule is CCCCCCC(C(C)NS(=O)(=O)c1ccccc1)n1cnc2c(=O)[nH]c(-c3ccccc3OCCC)nc21. The predicted molar refractivity (Wildman–Crippen MR) is 153 cm³/mol. The molecule has 9 nitrogen and oxygen atoms in total. The quantitative estimate of drug-likeness (QED) is 0.201. The van der Waals surface area contributed by atoms with Gasteiger partial charge in [0.05, 0.1) is 29.4 Å². The van der Waals surface area contributed by atoms with Gasteiger partial charge in [0, 0.05) is 6.04 Å². The summed E-state index contributed by atoms with van der Waals surface area (Å²) in [6, 6.07) is 15.0. The fourth-order valence-corrected chi connectivity index (χ4v) is 6.00. The van der Waals surface area contributed by atoms with Crippen molar-refractivity contribution >= 4 is 21.2 Å². The van der Waals surface area contributed by atoms with Crippen molar-refractivity contribution in [1.29, 1.82) is 0 Å². The van der Waals surface area contributed by atoms with Gasteiger partial charge in [-0.3, -0.25) is 4.79 Å². The van der Waals surface area contributed by atoms with Crippen LogP contribution in [0.15, 0.2) is 70.6 Å². The number of para-hydroxylation sites is 1. The molecule has 2 N–H and O–H groups in total. The number of H-pyrrole nitrogens is 1. The molecule has 0 saturated heterocycles. The van der Waals surface area contributed by atoms with E-state index in [0.717, 1.165) is 32.1 Å². The van der Waals surface area contributed by atoms with E-state index in [1.165, 1.54) is 0 Å². The van der Waals surface area contributed by atoms with Gasteiger partial charge in [-0.15, -0.1) is 0 Å². The van der Waals surface area contributed by atoms with Gasteiger partial charge >= 0.3 is 0 Å². The Bertz CT molecular complexity index is 1530. The van der Waals surface area contributed by atoms with Crippen LogP contribution >= 0.6 is 0 Å². The molecular weight excluding hydrogens is 514 g/mol. The van der Waals surface area contributed by atoms with E-state index >= 15 is 0 Å². The topological polar surface area (TPSA) is 119 Å². The van der Waals surface area contributed by atoms with Crippen LogP contribution in [-0.4, -0.2) is 40.6 Å². The molecule has 39 heavy (non-hydrogen) atoms. The van der Waals surface area contributed by atoms with E-state index in [1.54, 1.807) is 36.7 Å². The maximum atomic E-state index is 13.2. The Balaban J connectivity index is 1.74. The third-order valence-corrected chi connectivity index (χ3v) is 8.29. The highest BCUT2D eigenvalue weighted by molar-refractivity contribution is 7.89. The van der Waals surface area contributed by atoms with Crippen LogP contribution in [0.2, 0.25) is 0 Å². The van der Waals surface area contributed by atoms with E-state index in [2.05, 4.69) is 21.6 Å². The van der Waals surface area contributed by atoms with E-state index in [4.69, 9.17) is 9.72 Å². The Morgan fingerprint density at radius 1 is 1.00 bits per heavy atom. The van der Waals surface area contributed by atoms with Gasteiger partial charge in [-0.1, -0.05) is 69.9 Å². The minimum absolute atomic E-state index is 0.206. The molecule has 0 radical (unpaired) electrons. The maximum absolute atomic E-state index is 13.2. The molecule has 2 heterocycles. The van der Waals surface area contributed by atoms with Gasteiger partial charge in [0.25, 0.3) is 5.56 Å². The number of hydrogen-bond donors (Lipinski definition) is 2. The zero-order chi connectivity index (χ0) is 27.8. The minimum Gasteiger partial charge on any atom is -0.493 e. The van der Waals surface area contributed by atoms with E-state index in [0.29, 0.717) is 35.8 Å². The predicted octanol–water partition coefficient (Wildman–Crippen LogP) is 5.45. The highest BCUT2D eigenvalue weighted by Gasteiger charge is 2.27. The summed E-state index contributed by atoms with van der Waals surface area (Å²) in [7, 11) is -3.75. The fourth-order valence-electron chi connectivity index (χ4n) is 4.70. The summed E-state index contributed by atoms with van der Waals surface area (Å²) in [4.78, 5) is 25.4. The fraction of sp³-hybridized carbons (Fsp3) is 0.414. The Morgan fingerprint density at radius 2 is 1.74 bits per heavy atom. The molecule has 0 bridgehead atoms. The number of unbranched alkanes of at least 4 members (excludes halogenated alkanes) is 3. The van der Waals surface area contributed by atoms with Crippen LogP contribution in [0.3, 0.4) is 0 Å². The van der Waals surface area contributed by atoms with E-state index in [9.17, 15) is 13.2 Å². The number of nitrogens with zero attached hydrogens (tertiary/aromatic N) is 3. The van der Waals surface area contributed by atoms with Crippen LogP contribution in [0, 0.1) is 0 Å². The van der Waals surface area contributed by atoms with Crippen molar-refractivity contribution in [2.75, 3.05) is 6.61 Å². The summed E-state index contributed by atoms with van der Waals surface area (Å²) >= 11 is 0. The average Bonchev–Trinajstić information content (AvgIpc) is 3.36. The molecule has 0 aliphatic heterocycles. The standard InChI is InChI=1S/C29H37N5O4S/c1-4-6-7-11-17-24(21(3)33-39(36,37)22-14-9-8-10-15-22)34-20-30-26-28(34)31-27(32-29(26)35)23-16-12-13-18-25(23)38-19-5-2/h8-10,12-16,18,20-21,24,33H,4-7,11,17,19H2,1-3H3,(H,31,32,35). The van der Waals surface area contributed by atoms with E-state index < -0.39 is 16.1 Å². The number of imidazole rings is 1. The first kappa shape index (κ1) is 28.5. The highest BCUT2D eigenvalue weighted by atomic mass is 32.2. The maximum Gasteiger partial charge on any atom is 0.279 e. The average molecular weight is 552 g/mol. The number of aromatic amines is 1. The number of fused-ring (bicyclic) bond motifs is 1. The molecule has 2 atom stereocenters. The second-order valence-electron chi connectivity index (χ2n) is 9.72. The summed E-state index contributed by atoms with van der Waals surface area (Å²) in [6.07, 6.45) is 7.25. The van der Waals surface area contributed by atoms with Crippen LogP contribution in [-0.2, 0) is 10.0 Å². The number of aromatic nitrogens is 4. The van der Waals surface area contributed by atoms with E-state index in [1.807, 2.05) is 42.7 Å². The number of rotatable bonds is 14. The molecule has 0 aliphatic carbocycles. The summed E-state index contributed by atoms with van der Waals surface area (Å²) in [5.74, 6) is 1.01. The molecular formula is C29H37N5O4S. The van der Waals surface area contributed by atoms with Crippen molar-refractivity contribution in [2.24, 2.45) is 0 Å². The molecule has 2 unspecified atom stereocenters. The molecule has 208 valence electrons. The monoisotopic (exact) mass is 551 g/mol. The van der Waals surface area contributed by atoms with Crippen LogP contribution in [0.1, 0.15) is 65.3 Å². The Morgan fingerprint density at radius 3 is 2.49 bits per heavy atom. The largest absolute Gasteiger partial charge is 0.493 e. The molecule has 0 fully saturated rings. The number of nitrogens with one attached hydrogen (secondary N) is 2. The summed E-state index contributed by atoms with van der Waals surface area (Å²) in [6.45, 7) is 6.57.